The Hall–Kier alpha value is -4.44. The number of carbonyl (C=O) groups is 1. The summed E-state index contributed by atoms with van der Waals surface area (Å²) < 4.78 is 16.7. The molecule has 10 heteroatoms. The lowest BCUT2D eigenvalue weighted by atomic mass is 10.0. The van der Waals surface area contributed by atoms with E-state index in [-0.39, 0.29) is 18.3 Å². The molecule has 2 aromatic heterocycles. The zero-order valence-corrected chi connectivity index (χ0v) is 23.2. The third-order valence-electron chi connectivity index (χ3n) is 7.92. The Bertz CT molecular complexity index is 1490. The largest absolute Gasteiger partial charge is 0.496 e. The maximum Gasteiger partial charge on any atom is 0.261 e. The Morgan fingerprint density at radius 2 is 1.76 bits per heavy atom. The van der Waals surface area contributed by atoms with Crippen molar-refractivity contribution in [3.8, 4) is 34.1 Å². The van der Waals surface area contributed by atoms with E-state index in [4.69, 9.17) is 19.7 Å². The Morgan fingerprint density at radius 3 is 2.51 bits per heavy atom. The van der Waals surface area contributed by atoms with E-state index in [1.165, 1.54) is 25.9 Å². The third-order valence-corrected chi connectivity index (χ3v) is 7.92. The number of nitrogens with zero attached hydrogens (tertiary/aromatic N) is 5. The first kappa shape index (κ1) is 26.8. The molecule has 0 saturated carbocycles. The molecule has 2 aromatic carbocycles. The van der Waals surface area contributed by atoms with Gasteiger partial charge in [0.15, 0.2) is 18.2 Å². The number of nitrogens with two attached hydrogens (primary N) is 1. The molecule has 2 aliphatic rings. The molecule has 0 aliphatic carbocycles. The zero-order chi connectivity index (χ0) is 28.2. The van der Waals surface area contributed by atoms with Crippen LogP contribution in [-0.2, 0) is 6.61 Å². The highest BCUT2D eigenvalue weighted by molar-refractivity contribution is 5.94. The fourth-order valence-corrected chi connectivity index (χ4v) is 5.64. The number of para-hydroxylation sites is 1. The van der Waals surface area contributed by atoms with Crippen LogP contribution >= 0.6 is 0 Å². The number of amides is 1. The minimum absolute atomic E-state index is 0.0515. The van der Waals surface area contributed by atoms with Gasteiger partial charge in [-0.05, 0) is 74.7 Å². The van der Waals surface area contributed by atoms with Crippen LogP contribution in [0.2, 0.25) is 0 Å². The van der Waals surface area contributed by atoms with Crippen molar-refractivity contribution in [2.75, 3.05) is 39.0 Å². The number of rotatable bonds is 8. The van der Waals surface area contributed by atoms with Crippen molar-refractivity contribution in [2.24, 2.45) is 0 Å². The number of anilines is 1. The van der Waals surface area contributed by atoms with Gasteiger partial charge in [-0.25, -0.2) is 4.98 Å². The summed E-state index contributed by atoms with van der Waals surface area (Å²) in [6.07, 6.45) is 6.39. The number of benzene rings is 2. The molecule has 2 N–H and O–H groups in total. The van der Waals surface area contributed by atoms with Gasteiger partial charge in [-0.3, -0.25) is 4.79 Å². The van der Waals surface area contributed by atoms with Crippen molar-refractivity contribution in [2.45, 2.75) is 38.3 Å². The van der Waals surface area contributed by atoms with Gasteiger partial charge in [-0.2, -0.15) is 4.98 Å². The van der Waals surface area contributed by atoms with E-state index in [1.807, 2.05) is 59.5 Å². The summed E-state index contributed by atoms with van der Waals surface area (Å²) >= 11 is 0. The van der Waals surface area contributed by atoms with Crippen LogP contribution in [-0.4, -0.2) is 70.2 Å². The molecule has 4 heterocycles. The second kappa shape index (κ2) is 12.0. The number of piperidine rings is 1. The minimum atomic E-state index is 0.0515. The van der Waals surface area contributed by atoms with Crippen molar-refractivity contribution in [1.29, 1.82) is 0 Å². The van der Waals surface area contributed by atoms with Crippen LogP contribution < -0.4 is 15.2 Å². The van der Waals surface area contributed by atoms with Crippen molar-refractivity contribution in [3.05, 3.63) is 72.2 Å². The lowest BCUT2D eigenvalue weighted by Gasteiger charge is -2.36. The molecule has 41 heavy (non-hydrogen) atoms. The average Bonchev–Trinajstić information content (AvgIpc) is 3.74. The van der Waals surface area contributed by atoms with Gasteiger partial charge >= 0.3 is 0 Å². The van der Waals surface area contributed by atoms with Crippen LogP contribution in [0.25, 0.3) is 22.6 Å². The minimum Gasteiger partial charge on any atom is -0.496 e. The normalized spacial score (nSPS) is 16.2. The number of likely N-dealkylation sites (tertiary alicyclic amines) is 2. The Labute approximate surface area is 239 Å². The number of carbonyl (C=O) groups excluding carboxylic acids is 1. The van der Waals surface area contributed by atoms with Gasteiger partial charge in [-0.15, -0.1) is 0 Å². The van der Waals surface area contributed by atoms with E-state index in [0.717, 1.165) is 37.1 Å². The monoisotopic (exact) mass is 554 g/mol. The van der Waals surface area contributed by atoms with E-state index < -0.39 is 0 Å². The summed E-state index contributed by atoms with van der Waals surface area (Å²) in [4.78, 5) is 26.5. The molecule has 212 valence electrons. The van der Waals surface area contributed by atoms with Crippen molar-refractivity contribution in [3.63, 3.8) is 0 Å². The highest BCUT2D eigenvalue weighted by atomic mass is 16.5. The van der Waals surface area contributed by atoms with Crippen molar-refractivity contribution < 1.29 is 18.8 Å². The first-order valence-corrected chi connectivity index (χ1v) is 14.1. The summed E-state index contributed by atoms with van der Waals surface area (Å²) in [6.45, 7) is 4.08. The predicted molar refractivity (Wildman–Crippen MR) is 154 cm³/mol. The lowest BCUT2D eigenvalue weighted by molar-refractivity contribution is 0.0644. The van der Waals surface area contributed by atoms with E-state index in [1.54, 1.807) is 13.3 Å². The third kappa shape index (κ3) is 5.88. The van der Waals surface area contributed by atoms with E-state index in [9.17, 15) is 4.79 Å². The highest BCUT2D eigenvalue weighted by Crippen LogP contribution is 2.30. The zero-order valence-electron chi connectivity index (χ0n) is 23.2. The second-order valence-electron chi connectivity index (χ2n) is 10.5. The maximum absolute atomic E-state index is 13.2. The highest BCUT2D eigenvalue weighted by Gasteiger charge is 2.28. The molecule has 0 spiro atoms. The smallest absolute Gasteiger partial charge is 0.261 e. The molecule has 0 bridgehead atoms. The maximum atomic E-state index is 13.2. The number of nitrogen functional groups attached to an aromatic ring is 1. The molecule has 1 amide bonds. The summed E-state index contributed by atoms with van der Waals surface area (Å²) in [5, 5.41) is 4.02. The molecule has 0 unspecified atom stereocenters. The first-order valence-electron chi connectivity index (χ1n) is 14.1. The number of methoxy groups -OCH3 is 1. The van der Waals surface area contributed by atoms with Crippen molar-refractivity contribution >= 4 is 11.7 Å². The Balaban J connectivity index is 1.08. The molecule has 10 nitrogen and oxygen atoms in total. The fourth-order valence-electron chi connectivity index (χ4n) is 5.64. The van der Waals surface area contributed by atoms with Crippen LogP contribution in [0.5, 0.6) is 11.5 Å². The molecule has 2 aliphatic heterocycles. The fraction of sp³-hybridized carbons (Fsp3) is 0.355. The van der Waals surface area contributed by atoms with Gasteiger partial charge < -0.3 is 29.5 Å². The summed E-state index contributed by atoms with van der Waals surface area (Å²) in [5.74, 6) is 2.09. The van der Waals surface area contributed by atoms with Gasteiger partial charge in [0.2, 0.25) is 5.82 Å². The van der Waals surface area contributed by atoms with Crippen LogP contribution in [0.4, 0.5) is 5.82 Å². The topological polar surface area (TPSA) is 120 Å². The lowest BCUT2D eigenvalue weighted by Crippen LogP contribution is -2.45. The van der Waals surface area contributed by atoms with Gasteiger partial charge in [0, 0.05) is 36.5 Å². The number of hydrogen-bond donors (Lipinski definition) is 1. The number of pyridine rings is 1. The molecule has 6 rings (SSSR count). The van der Waals surface area contributed by atoms with Gasteiger partial charge in [-0.1, -0.05) is 29.4 Å². The number of hydrogen-bond acceptors (Lipinski definition) is 9. The van der Waals surface area contributed by atoms with Gasteiger partial charge in [0.1, 0.15) is 5.75 Å². The summed E-state index contributed by atoms with van der Waals surface area (Å²) in [5.41, 5.74) is 9.21. The SMILES string of the molecule is COc1ccccc1-c1nc(COc2cc(-c3ccc(C(=O)N4CCC(N5CCCC5)CC4)cc3)cnc2N)no1. The molecular weight excluding hydrogens is 520 g/mol. The molecule has 2 saturated heterocycles. The summed E-state index contributed by atoms with van der Waals surface area (Å²) in [7, 11) is 1.59. The van der Waals surface area contributed by atoms with E-state index >= 15 is 0 Å². The van der Waals surface area contributed by atoms with Crippen LogP contribution in [0, 0.1) is 0 Å². The average molecular weight is 555 g/mol. The predicted octanol–water partition coefficient (Wildman–Crippen LogP) is 4.67. The summed E-state index contributed by atoms with van der Waals surface area (Å²) in [6, 6.07) is 17.5. The van der Waals surface area contributed by atoms with Crippen molar-refractivity contribution in [1.82, 2.24) is 24.9 Å². The van der Waals surface area contributed by atoms with Gasteiger partial charge in [0.25, 0.3) is 11.8 Å². The van der Waals surface area contributed by atoms with E-state index in [0.29, 0.717) is 40.4 Å². The molecule has 0 atom stereocenters. The van der Waals surface area contributed by atoms with Crippen LogP contribution in [0.1, 0.15) is 41.9 Å². The Kier molecular flexibility index (Phi) is 7.82. The van der Waals surface area contributed by atoms with E-state index in [2.05, 4.69) is 20.0 Å². The molecular formula is C31H34N6O4. The van der Waals surface area contributed by atoms with Crippen LogP contribution in [0.15, 0.2) is 65.3 Å². The molecule has 0 radical (unpaired) electrons. The quantitative estimate of drug-likeness (QED) is 0.331. The van der Waals surface area contributed by atoms with Gasteiger partial charge in [0.05, 0.1) is 12.7 Å². The first-order chi connectivity index (χ1) is 20.1. The standard InChI is InChI=1S/C31H34N6O4/c1-39-26-7-3-2-6-25(26)30-34-28(35-41-30)20-40-27-18-23(19-33-29(27)32)21-8-10-22(11-9-21)31(38)37-16-12-24(13-17-37)36-14-4-5-15-36/h2-3,6-11,18-19,24H,4-5,12-17,20H2,1H3,(H2,32,33). The number of aromatic nitrogens is 3. The number of ether oxygens (including phenoxy) is 2. The van der Waals surface area contributed by atoms with Crippen LogP contribution in [0.3, 0.4) is 0 Å². The molecule has 2 fully saturated rings. The second-order valence-corrected chi connectivity index (χ2v) is 10.5. The Morgan fingerprint density at radius 1 is 1.00 bits per heavy atom. The molecule has 4 aromatic rings.